The Labute approximate surface area is 227 Å². The largest absolute Gasteiger partial charge is 0.444 e. The number of carbonyl (C=O) groups excluding carboxylic acids is 2. The third-order valence-electron chi connectivity index (χ3n) is 5.63. The van der Waals surface area contributed by atoms with E-state index in [1.165, 1.54) is 10.8 Å². The highest BCUT2D eigenvalue weighted by atomic mass is 35.5. The molecule has 0 saturated heterocycles. The van der Waals surface area contributed by atoms with Crippen molar-refractivity contribution in [2.45, 2.75) is 37.8 Å². The zero-order valence-corrected chi connectivity index (χ0v) is 22.3. The number of allylic oxidation sites excluding steroid dienone is 1. The van der Waals surface area contributed by atoms with Gasteiger partial charge in [-0.15, -0.1) is 11.6 Å². The van der Waals surface area contributed by atoms with Gasteiger partial charge in [-0.1, -0.05) is 97.1 Å². The predicted molar refractivity (Wildman–Crippen MR) is 151 cm³/mol. The normalized spacial score (nSPS) is 13.2. The lowest BCUT2D eigenvalue weighted by molar-refractivity contribution is 0.0504. The number of rotatable bonds is 7. The highest BCUT2D eigenvalue weighted by Crippen LogP contribution is 2.27. The number of hydrogen-bond donors (Lipinski definition) is 1. The van der Waals surface area contributed by atoms with Crippen molar-refractivity contribution < 1.29 is 14.3 Å². The average Bonchev–Trinajstić information content (AvgIpc) is 3.36. The summed E-state index contributed by atoms with van der Waals surface area (Å²) in [5, 5.41) is 6.71. The van der Waals surface area contributed by atoms with Gasteiger partial charge < -0.3 is 10.1 Å². The van der Waals surface area contributed by atoms with Crippen LogP contribution in [0.2, 0.25) is 0 Å². The minimum atomic E-state index is -0.738. The first-order valence-electron chi connectivity index (χ1n) is 12.3. The maximum Gasteiger partial charge on any atom is 0.408 e. The number of carbonyl (C=O) groups is 2. The molecule has 0 fully saturated rings. The molecule has 0 aliphatic heterocycles. The quantitative estimate of drug-likeness (QED) is 0.202. The first-order chi connectivity index (χ1) is 18.2. The van der Waals surface area contributed by atoms with Crippen molar-refractivity contribution in [1.29, 1.82) is 0 Å². The van der Waals surface area contributed by atoms with Crippen LogP contribution in [-0.2, 0) is 4.74 Å². The summed E-state index contributed by atoms with van der Waals surface area (Å²) in [5.74, 6) is -0.360. The number of benzene rings is 3. The van der Waals surface area contributed by atoms with Crippen LogP contribution >= 0.6 is 11.6 Å². The molecule has 2 atom stereocenters. The molecule has 0 spiro atoms. The second-order valence-corrected chi connectivity index (χ2v) is 10.2. The maximum absolute atomic E-state index is 13.4. The van der Waals surface area contributed by atoms with Crippen LogP contribution in [0, 0.1) is 0 Å². The molecule has 6 nitrogen and oxygen atoms in total. The van der Waals surface area contributed by atoms with Gasteiger partial charge in [0.25, 0.3) is 5.91 Å². The number of alkyl carbamates (subject to hydrolysis) is 1. The summed E-state index contributed by atoms with van der Waals surface area (Å²) in [6.45, 7) is 5.37. The molecule has 7 heteroatoms. The number of aromatic nitrogens is 2. The summed E-state index contributed by atoms with van der Waals surface area (Å²) < 4.78 is 6.80. The number of nitrogens with one attached hydrogen (secondary N) is 1. The summed E-state index contributed by atoms with van der Waals surface area (Å²) in [5.41, 5.74) is 3.23. The van der Waals surface area contributed by atoms with Crippen molar-refractivity contribution >= 4 is 23.6 Å². The van der Waals surface area contributed by atoms with Gasteiger partial charge >= 0.3 is 6.09 Å². The molecule has 0 aliphatic carbocycles. The SMILES string of the molecule is CC(C)(C)OC(=O)N[C@H](c1ccccc1)[C@H](Cl)/C=C/C(=O)n1nc(-c2ccccc2)cc1-c1ccccc1. The minimum absolute atomic E-state index is 0.360. The van der Waals surface area contributed by atoms with Crippen molar-refractivity contribution in [3.05, 3.63) is 115 Å². The van der Waals surface area contributed by atoms with Crippen LogP contribution in [-0.4, -0.2) is 32.8 Å². The molecule has 194 valence electrons. The van der Waals surface area contributed by atoms with Crippen LogP contribution in [0.4, 0.5) is 4.79 Å². The number of halogens is 1. The van der Waals surface area contributed by atoms with Crippen LogP contribution < -0.4 is 5.32 Å². The smallest absolute Gasteiger partial charge is 0.408 e. The summed E-state index contributed by atoms with van der Waals surface area (Å²) in [4.78, 5) is 25.9. The number of hydrogen-bond acceptors (Lipinski definition) is 4. The zero-order chi connectivity index (χ0) is 27.1. The number of nitrogens with zero attached hydrogens (tertiary/aromatic N) is 2. The third-order valence-corrected chi connectivity index (χ3v) is 6.03. The minimum Gasteiger partial charge on any atom is -0.444 e. The molecule has 4 rings (SSSR count). The molecule has 0 bridgehead atoms. The fourth-order valence-corrected chi connectivity index (χ4v) is 4.19. The van der Waals surface area contributed by atoms with Crippen LogP contribution in [0.15, 0.2) is 109 Å². The Balaban J connectivity index is 1.62. The average molecular weight is 528 g/mol. The van der Waals surface area contributed by atoms with Gasteiger partial charge in [0.2, 0.25) is 0 Å². The Morgan fingerprint density at radius 2 is 1.45 bits per heavy atom. The molecular weight excluding hydrogens is 498 g/mol. The van der Waals surface area contributed by atoms with Gasteiger partial charge in [-0.05, 0) is 32.4 Å². The van der Waals surface area contributed by atoms with Gasteiger partial charge in [0, 0.05) is 17.2 Å². The van der Waals surface area contributed by atoms with Crippen LogP contribution in [0.5, 0.6) is 0 Å². The second kappa shape index (κ2) is 11.9. The van der Waals surface area contributed by atoms with E-state index >= 15 is 0 Å². The Morgan fingerprint density at radius 3 is 2.03 bits per heavy atom. The molecule has 4 aromatic rings. The highest BCUT2D eigenvalue weighted by molar-refractivity contribution is 6.22. The highest BCUT2D eigenvalue weighted by Gasteiger charge is 2.25. The Hall–Kier alpha value is -4.16. The topological polar surface area (TPSA) is 73.2 Å². The first kappa shape index (κ1) is 26.9. The Morgan fingerprint density at radius 1 is 0.895 bits per heavy atom. The zero-order valence-electron chi connectivity index (χ0n) is 21.5. The van der Waals surface area contributed by atoms with E-state index in [0.717, 1.165) is 16.7 Å². The molecule has 1 amide bonds. The van der Waals surface area contributed by atoms with E-state index in [1.54, 1.807) is 26.8 Å². The fourth-order valence-electron chi connectivity index (χ4n) is 3.91. The fraction of sp³-hybridized carbons (Fsp3) is 0.194. The predicted octanol–water partition coefficient (Wildman–Crippen LogP) is 7.29. The molecular formula is C31H30ClN3O3. The molecule has 0 aliphatic rings. The number of ether oxygens (including phenoxy) is 1. The molecule has 0 radical (unpaired) electrons. The molecule has 0 unspecified atom stereocenters. The lowest BCUT2D eigenvalue weighted by Gasteiger charge is -2.25. The molecule has 1 aromatic heterocycles. The first-order valence-corrected chi connectivity index (χ1v) is 12.8. The second-order valence-electron chi connectivity index (χ2n) is 9.74. The van der Waals surface area contributed by atoms with Gasteiger partial charge in [-0.2, -0.15) is 9.78 Å². The van der Waals surface area contributed by atoms with Gasteiger partial charge in [-0.3, -0.25) is 4.79 Å². The lowest BCUT2D eigenvalue weighted by Crippen LogP contribution is -2.38. The Kier molecular flexibility index (Phi) is 8.44. The van der Waals surface area contributed by atoms with Crippen molar-refractivity contribution in [2.24, 2.45) is 0 Å². The molecule has 3 aromatic carbocycles. The molecule has 0 saturated carbocycles. The van der Waals surface area contributed by atoms with Crippen molar-refractivity contribution in [2.75, 3.05) is 0 Å². The van der Waals surface area contributed by atoms with Gasteiger partial charge in [0.05, 0.1) is 22.8 Å². The summed E-state index contributed by atoms with van der Waals surface area (Å²) in [6.07, 6.45) is 2.36. The number of alkyl halides is 1. The van der Waals surface area contributed by atoms with Crippen molar-refractivity contribution in [3.8, 4) is 22.5 Å². The van der Waals surface area contributed by atoms with Crippen LogP contribution in [0.1, 0.15) is 37.2 Å². The monoisotopic (exact) mass is 527 g/mol. The van der Waals surface area contributed by atoms with E-state index < -0.39 is 23.1 Å². The summed E-state index contributed by atoms with van der Waals surface area (Å²) in [6, 6.07) is 29.9. The molecule has 38 heavy (non-hydrogen) atoms. The van der Waals surface area contributed by atoms with Crippen molar-refractivity contribution in [1.82, 2.24) is 15.1 Å². The van der Waals surface area contributed by atoms with E-state index in [9.17, 15) is 9.59 Å². The summed E-state index contributed by atoms with van der Waals surface area (Å²) in [7, 11) is 0. The lowest BCUT2D eigenvalue weighted by atomic mass is 10.0. The molecule has 1 heterocycles. The standard InChI is InChI=1S/C31H30ClN3O3/c1-31(2,3)38-30(37)33-29(24-17-11-6-12-18-24)25(32)19-20-28(36)35-27(23-15-9-5-10-16-23)21-26(34-35)22-13-7-4-8-14-22/h4-21,25,29H,1-3H3,(H,33,37)/b20-19+/t25-,29-/m1/s1. The Bertz CT molecular complexity index is 1390. The third kappa shape index (κ3) is 6.99. The van der Waals surface area contributed by atoms with Gasteiger partial charge in [-0.25, -0.2) is 4.79 Å². The van der Waals surface area contributed by atoms with Gasteiger partial charge in [0.1, 0.15) is 5.60 Å². The van der Waals surface area contributed by atoms with Crippen LogP contribution in [0.3, 0.4) is 0 Å². The van der Waals surface area contributed by atoms with Crippen molar-refractivity contribution in [3.63, 3.8) is 0 Å². The maximum atomic E-state index is 13.4. The van der Waals surface area contributed by atoms with E-state index in [-0.39, 0.29) is 5.91 Å². The number of amides is 1. The van der Waals surface area contributed by atoms with E-state index in [2.05, 4.69) is 10.4 Å². The van der Waals surface area contributed by atoms with Gasteiger partial charge in [0.15, 0.2) is 0 Å². The van der Waals surface area contributed by atoms with Crippen LogP contribution in [0.25, 0.3) is 22.5 Å². The molecule has 1 N–H and O–H groups in total. The summed E-state index contributed by atoms with van der Waals surface area (Å²) >= 11 is 6.75. The van der Waals surface area contributed by atoms with E-state index in [1.807, 2.05) is 97.1 Å². The van der Waals surface area contributed by atoms with E-state index in [4.69, 9.17) is 16.3 Å². The van der Waals surface area contributed by atoms with E-state index in [0.29, 0.717) is 11.4 Å².